The van der Waals surface area contributed by atoms with Crippen LogP contribution in [0.3, 0.4) is 0 Å². The van der Waals surface area contributed by atoms with Gasteiger partial charge in [0.15, 0.2) is 35.0 Å². The molecule has 0 heterocycles. The molecule has 0 bridgehead atoms. The number of hydrogen-bond donors (Lipinski definition) is 1. The molecule has 0 aromatic heterocycles. The molecule has 0 fully saturated rings. The number of phenols is 1. The van der Waals surface area contributed by atoms with E-state index in [-0.39, 0.29) is 11.5 Å². The van der Waals surface area contributed by atoms with Crippen LogP contribution in [0.1, 0.15) is 11.1 Å². The van der Waals surface area contributed by atoms with E-state index in [0.29, 0.717) is 29.1 Å². The lowest BCUT2D eigenvalue weighted by Gasteiger charge is -2.13. The van der Waals surface area contributed by atoms with Gasteiger partial charge in [0, 0.05) is 11.3 Å². The fraction of sp³-hybridized carbons (Fsp3) is 0.211. The average Bonchev–Trinajstić information content (AvgIpc) is 2.63. The lowest BCUT2D eigenvalue weighted by atomic mass is 10.1. The molecule has 2 rings (SSSR count). The summed E-state index contributed by atoms with van der Waals surface area (Å²) in [5, 5.41) is 9.65. The maximum atomic E-state index is 11.4. The number of para-hydroxylation sites is 1. The number of benzene rings is 2. The molecule has 5 nitrogen and oxygen atoms in total. The Morgan fingerprint density at radius 3 is 2.60 bits per heavy atom. The number of rotatable bonds is 8. The van der Waals surface area contributed by atoms with Gasteiger partial charge in [-0.2, -0.15) is 11.8 Å². The van der Waals surface area contributed by atoms with Gasteiger partial charge in [-0.1, -0.05) is 18.2 Å². The Labute approximate surface area is 151 Å². The second-order valence-electron chi connectivity index (χ2n) is 5.08. The normalized spacial score (nSPS) is 11.1. The Hall–Kier alpha value is -2.60. The number of carbonyl (C=O) groups excluding carboxylic acids is 1. The van der Waals surface area contributed by atoms with Crippen molar-refractivity contribution in [3.8, 4) is 23.0 Å². The van der Waals surface area contributed by atoms with Crippen LogP contribution >= 0.6 is 11.8 Å². The molecule has 6 heteroatoms. The van der Waals surface area contributed by atoms with Crippen LogP contribution < -0.4 is 14.2 Å². The summed E-state index contributed by atoms with van der Waals surface area (Å²) in [6.07, 6.45) is 4.19. The topological polar surface area (TPSA) is 65.0 Å². The predicted molar refractivity (Wildman–Crippen MR) is 99.5 cm³/mol. The van der Waals surface area contributed by atoms with E-state index in [0.717, 1.165) is 11.3 Å². The largest absolute Gasteiger partial charge is 0.504 e. The number of hydrogen-bond acceptors (Lipinski definition) is 6. The quantitative estimate of drug-likeness (QED) is 0.438. The maximum absolute atomic E-state index is 11.4. The highest BCUT2D eigenvalue weighted by Gasteiger charge is 2.12. The molecule has 1 N–H and O–H groups in total. The third-order valence-corrected chi connectivity index (χ3v) is 4.02. The maximum Gasteiger partial charge on any atom is 0.185 e. The molecule has 0 aliphatic carbocycles. The van der Waals surface area contributed by atoms with Gasteiger partial charge in [-0.3, -0.25) is 4.79 Å². The second-order valence-corrected chi connectivity index (χ2v) is 5.95. The molecular formula is C19H20O5S. The number of thioether (sulfide) groups is 1. The van der Waals surface area contributed by atoms with Crippen molar-refractivity contribution in [2.24, 2.45) is 0 Å². The van der Waals surface area contributed by atoms with Gasteiger partial charge in [0.1, 0.15) is 0 Å². The molecular weight excluding hydrogens is 340 g/mol. The minimum absolute atomic E-state index is 0.0275. The molecule has 0 spiro atoms. The number of carbonyl (C=O) groups is 1. The Kier molecular flexibility index (Phi) is 6.77. The Bertz CT molecular complexity index is 770. The molecule has 0 saturated heterocycles. The Morgan fingerprint density at radius 1 is 1.16 bits per heavy atom. The number of methoxy groups -OCH3 is 2. The highest BCUT2D eigenvalue weighted by atomic mass is 32.2. The Balaban J connectivity index is 2.34. The smallest absolute Gasteiger partial charge is 0.185 e. The van der Waals surface area contributed by atoms with Crippen LogP contribution in [0, 0.1) is 0 Å². The first-order chi connectivity index (χ1) is 12.1. The molecule has 0 unspecified atom stereocenters. The van der Waals surface area contributed by atoms with Crippen LogP contribution in [-0.2, 0) is 10.5 Å². The van der Waals surface area contributed by atoms with Gasteiger partial charge in [-0.05, 0) is 36.1 Å². The highest BCUT2D eigenvalue weighted by molar-refractivity contribution is 7.97. The molecule has 0 aliphatic rings. The SMILES string of the molecule is COc1cc(/C=C(/C=O)Oc2cccc(CSC)c2OC)ccc1O. The minimum Gasteiger partial charge on any atom is -0.504 e. The minimum atomic E-state index is 0.0275. The molecule has 0 amide bonds. The summed E-state index contributed by atoms with van der Waals surface area (Å²) in [4.78, 5) is 11.4. The molecule has 2 aromatic carbocycles. The van der Waals surface area contributed by atoms with Gasteiger partial charge in [-0.25, -0.2) is 0 Å². The summed E-state index contributed by atoms with van der Waals surface area (Å²) in [6, 6.07) is 10.3. The molecule has 0 saturated carbocycles. The van der Waals surface area contributed by atoms with E-state index in [4.69, 9.17) is 14.2 Å². The van der Waals surface area contributed by atoms with Gasteiger partial charge in [0.25, 0.3) is 0 Å². The third-order valence-electron chi connectivity index (χ3n) is 3.42. The van der Waals surface area contributed by atoms with Gasteiger partial charge in [0.2, 0.25) is 0 Å². The molecule has 0 atom stereocenters. The number of allylic oxidation sites excluding steroid dienone is 1. The fourth-order valence-corrected chi connectivity index (χ4v) is 2.84. The van der Waals surface area contributed by atoms with Gasteiger partial charge in [0.05, 0.1) is 14.2 Å². The monoisotopic (exact) mass is 360 g/mol. The molecule has 132 valence electrons. The van der Waals surface area contributed by atoms with Gasteiger partial charge >= 0.3 is 0 Å². The van der Waals surface area contributed by atoms with Crippen molar-refractivity contribution >= 4 is 24.1 Å². The van der Waals surface area contributed by atoms with Crippen LogP contribution in [-0.4, -0.2) is 31.9 Å². The first kappa shape index (κ1) is 18.7. The van der Waals surface area contributed by atoms with E-state index in [1.54, 1.807) is 43.1 Å². The highest BCUT2D eigenvalue weighted by Crippen LogP contribution is 2.34. The summed E-state index contributed by atoms with van der Waals surface area (Å²) < 4.78 is 16.2. The summed E-state index contributed by atoms with van der Waals surface area (Å²) in [7, 11) is 3.03. The van der Waals surface area contributed by atoms with Crippen LogP contribution in [0.15, 0.2) is 42.2 Å². The van der Waals surface area contributed by atoms with Gasteiger partial charge < -0.3 is 19.3 Å². The van der Waals surface area contributed by atoms with Crippen LogP contribution in [0.5, 0.6) is 23.0 Å². The van der Waals surface area contributed by atoms with Crippen molar-refractivity contribution in [2.75, 3.05) is 20.5 Å². The van der Waals surface area contributed by atoms with E-state index in [1.807, 2.05) is 18.4 Å². The zero-order valence-corrected chi connectivity index (χ0v) is 15.1. The van der Waals surface area contributed by atoms with Crippen LogP contribution in [0.2, 0.25) is 0 Å². The van der Waals surface area contributed by atoms with E-state index < -0.39 is 0 Å². The third kappa shape index (κ3) is 4.70. The number of aromatic hydroxyl groups is 1. The predicted octanol–water partition coefficient (Wildman–Crippen LogP) is 3.89. The van der Waals surface area contributed by atoms with Crippen molar-refractivity contribution in [1.29, 1.82) is 0 Å². The van der Waals surface area contributed by atoms with E-state index >= 15 is 0 Å². The number of phenolic OH excluding ortho intramolecular Hbond substituents is 1. The molecule has 0 aliphatic heterocycles. The first-order valence-electron chi connectivity index (χ1n) is 7.49. The zero-order valence-electron chi connectivity index (χ0n) is 14.3. The molecule has 25 heavy (non-hydrogen) atoms. The average molecular weight is 360 g/mol. The first-order valence-corrected chi connectivity index (χ1v) is 8.88. The zero-order chi connectivity index (χ0) is 18.2. The number of aldehydes is 1. The van der Waals surface area contributed by atoms with Crippen molar-refractivity contribution in [3.05, 3.63) is 53.3 Å². The summed E-state index contributed by atoms with van der Waals surface area (Å²) >= 11 is 1.67. The number of ether oxygens (including phenoxy) is 3. The molecule has 2 aromatic rings. The fourth-order valence-electron chi connectivity index (χ4n) is 2.31. The van der Waals surface area contributed by atoms with E-state index in [9.17, 15) is 9.90 Å². The van der Waals surface area contributed by atoms with E-state index in [1.165, 1.54) is 13.2 Å². The standard InChI is InChI=1S/C19H20O5S/c1-22-18-10-13(7-8-16(18)21)9-15(11-20)24-17-6-4-5-14(12-25-3)19(17)23-2/h4-11,21H,12H2,1-3H3/b15-9-. The van der Waals surface area contributed by atoms with Crippen molar-refractivity contribution in [1.82, 2.24) is 0 Å². The van der Waals surface area contributed by atoms with Crippen molar-refractivity contribution < 1.29 is 24.1 Å². The van der Waals surface area contributed by atoms with Crippen molar-refractivity contribution in [3.63, 3.8) is 0 Å². The molecule has 0 radical (unpaired) electrons. The van der Waals surface area contributed by atoms with Crippen LogP contribution in [0.25, 0.3) is 6.08 Å². The summed E-state index contributed by atoms with van der Waals surface area (Å²) in [5.74, 6) is 2.31. The summed E-state index contributed by atoms with van der Waals surface area (Å²) in [5.41, 5.74) is 1.65. The van der Waals surface area contributed by atoms with Crippen LogP contribution in [0.4, 0.5) is 0 Å². The lowest BCUT2D eigenvalue weighted by molar-refractivity contribution is -0.106. The lowest BCUT2D eigenvalue weighted by Crippen LogP contribution is -2.00. The second kappa shape index (κ2) is 9.03. The van der Waals surface area contributed by atoms with E-state index in [2.05, 4.69) is 0 Å². The van der Waals surface area contributed by atoms with Gasteiger partial charge in [-0.15, -0.1) is 0 Å². The summed E-state index contributed by atoms with van der Waals surface area (Å²) in [6.45, 7) is 0. The Morgan fingerprint density at radius 2 is 1.96 bits per heavy atom. The van der Waals surface area contributed by atoms with Crippen molar-refractivity contribution in [2.45, 2.75) is 5.75 Å².